The Morgan fingerprint density at radius 3 is 2.65 bits per heavy atom. The first-order valence-electron chi connectivity index (χ1n) is 5.51. The molecule has 0 aromatic heterocycles. The lowest BCUT2D eigenvalue weighted by atomic mass is 10.1. The van der Waals surface area contributed by atoms with Gasteiger partial charge in [-0.1, -0.05) is 0 Å². The minimum absolute atomic E-state index is 0.0547. The number of hydrogen-bond acceptors (Lipinski definition) is 4. The van der Waals surface area contributed by atoms with Gasteiger partial charge < -0.3 is 25.2 Å². The maximum absolute atomic E-state index is 11.4. The summed E-state index contributed by atoms with van der Waals surface area (Å²) in [6, 6.07) is -0.283. The van der Waals surface area contributed by atoms with Gasteiger partial charge >= 0.3 is 12.0 Å². The Balaban J connectivity index is 2.21. The minimum Gasteiger partial charge on any atom is -0.479 e. The van der Waals surface area contributed by atoms with Crippen LogP contribution in [0.4, 0.5) is 4.79 Å². The molecule has 0 aromatic rings. The van der Waals surface area contributed by atoms with Gasteiger partial charge in [0.2, 0.25) is 0 Å². The van der Waals surface area contributed by atoms with E-state index in [0.717, 1.165) is 12.8 Å². The first kappa shape index (κ1) is 13.7. The first-order chi connectivity index (χ1) is 8.13. The molecule has 0 bridgehead atoms. The predicted octanol–water partition coefficient (Wildman–Crippen LogP) is -0.436. The molecular formula is C10H18N2O5. The quantitative estimate of drug-likeness (QED) is 0.611. The van der Waals surface area contributed by atoms with E-state index in [-0.39, 0.29) is 18.6 Å². The maximum Gasteiger partial charge on any atom is 0.334 e. The lowest BCUT2D eigenvalue weighted by molar-refractivity contribution is -0.147. The number of carboxylic acids is 1. The molecule has 1 unspecified atom stereocenters. The Hall–Kier alpha value is -1.34. The smallest absolute Gasteiger partial charge is 0.334 e. The number of amides is 2. The maximum atomic E-state index is 11.4. The standard InChI is InChI=1S/C10H18N2O5/c1-16-8(9(13)14)6-11-10(15)12-7-2-4-17-5-3-7/h7-8H,2-6H2,1H3,(H,13,14)(H2,11,12,15). The van der Waals surface area contributed by atoms with Crippen LogP contribution in [0.5, 0.6) is 0 Å². The highest BCUT2D eigenvalue weighted by molar-refractivity contribution is 5.77. The highest BCUT2D eigenvalue weighted by atomic mass is 16.5. The molecular weight excluding hydrogens is 228 g/mol. The molecule has 1 fully saturated rings. The summed E-state index contributed by atoms with van der Waals surface area (Å²) in [5, 5.41) is 13.9. The average Bonchev–Trinajstić information content (AvgIpc) is 2.30. The number of urea groups is 1. The molecule has 0 aliphatic carbocycles. The normalized spacial score (nSPS) is 18.4. The van der Waals surface area contributed by atoms with Gasteiger partial charge in [-0.3, -0.25) is 0 Å². The number of carbonyl (C=O) groups is 2. The van der Waals surface area contributed by atoms with Gasteiger partial charge in [0.25, 0.3) is 0 Å². The molecule has 1 rings (SSSR count). The molecule has 98 valence electrons. The van der Waals surface area contributed by atoms with Crippen molar-refractivity contribution in [1.29, 1.82) is 0 Å². The van der Waals surface area contributed by atoms with E-state index >= 15 is 0 Å². The number of rotatable bonds is 5. The highest BCUT2D eigenvalue weighted by Gasteiger charge is 2.19. The van der Waals surface area contributed by atoms with E-state index in [1.807, 2.05) is 0 Å². The molecule has 2 amide bonds. The van der Waals surface area contributed by atoms with Gasteiger partial charge in [-0.25, -0.2) is 9.59 Å². The van der Waals surface area contributed by atoms with E-state index in [9.17, 15) is 9.59 Å². The molecule has 0 aromatic carbocycles. The lowest BCUT2D eigenvalue weighted by Gasteiger charge is -2.23. The summed E-state index contributed by atoms with van der Waals surface area (Å²) in [6.07, 6.45) is 0.538. The summed E-state index contributed by atoms with van der Waals surface area (Å²) in [7, 11) is 1.29. The minimum atomic E-state index is -1.10. The second kappa shape index (κ2) is 7.08. The number of methoxy groups -OCH3 is 1. The van der Waals surface area contributed by atoms with Crippen LogP contribution >= 0.6 is 0 Å². The van der Waals surface area contributed by atoms with Crippen molar-refractivity contribution in [2.75, 3.05) is 26.9 Å². The van der Waals surface area contributed by atoms with Crippen molar-refractivity contribution in [2.45, 2.75) is 25.0 Å². The number of hydrogen-bond donors (Lipinski definition) is 3. The topological polar surface area (TPSA) is 96.9 Å². The van der Waals surface area contributed by atoms with Crippen LogP contribution in [0.1, 0.15) is 12.8 Å². The molecule has 1 aliphatic heterocycles. The second-order valence-corrected chi connectivity index (χ2v) is 3.80. The highest BCUT2D eigenvalue weighted by Crippen LogP contribution is 2.05. The fourth-order valence-electron chi connectivity index (χ4n) is 1.54. The summed E-state index contributed by atoms with van der Waals surface area (Å²) in [5.41, 5.74) is 0. The van der Waals surface area contributed by atoms with Crippen molar-refractivity contribution in [1.82, 2.24) is 10.6 Å². The molecule has 7 nitrogen and oxygen atoms in total. The number of aliphatic carboxylic acids is 1. The SMILES string of the molecule is COC(CNC(=O)NC1CCOCC1)C(=O)O. The van der Waals surface area contributed by atoms with Gasteiger partial charge in [0, 0.05) is 26.4 Å². The second-order valence-electron chi connectivity index (χ2n) is 3.80. The van der Waals surface area contributed by atoms with E-state index < -0.39 is 12.1 Å². The summed E-state index contributed by atoms with van der Waals surface area (Å²) in [6.45, 7) is 1.22. The van der Waals surface area contributed by atoms with E-state index in [0.29, 0.717) is 13.2 Å². The molecule has 0 radical (unpaired) electrons. The van der Waals surface area contributed by atoms with Crippen molar-refractivity contribution in [3.8, 4) is 0 Å². The van der Waals surface area contributed by atoms with Crippen LogP contribution in [0.25, 0.3) is 0 Å². The molecule has 3 N–H and O–H groups in total. The molecule has 7 heteroatoms. The van der Waals surface area contributed by atoms with Crippen LogP contribution in [0.3, 0.4) is 0 Å². The Labute approximate surface area is 99.5 Å². The van der Waals surface area contributed by atoms with Crippen molar-refractivity contribution >= 4 is 12.0 Å². The molecule has 1 heterocycles. The van der Waals surface area contributed by atoms with E-state index in [1.165, 1.54) is 7.11 Å². The largest absolute Gasteiger partial charge is 0.479 e. The van der Waals surface area contributed by atoms with E-state index in [2.05, 4.69) is 10.6 Å². The molecule has 17 heavy (non-hydrogen) atoms. The van der Waals surface area contributed by atoms with Crippen molar-refractivity contribution in [3.63, 3.8) is 0 Å². The number of nitrogens with one attached hydrogen (secondary N) is 2. The third kappa shape index (κ3) is 5.01. The summed E-state index contributed by atoms with van der Waals surface area (Å²) in [4.78, 5) is 22.1. The van der Waals surface area contributed by atoms with Gasteiger partial charge in [0.05, 0.1) is 6.54 Å². The zero-order valence-electron chi connectivity index (χ0n) is 9.77. The van der Waals surface area contributed by atoms with Gasteiger partial charge in [-0.2, -0.15) is 0 Å². The molecule has 0 spiro atoms. The first-order valence-corrected chi connectivity index (χ1v) is 5.51. The van der Waals surface area contributed by atoms with Crippen LogP contribution in [0.15, 0.2) is 0 Å². The van der Waals surface area contributed by atoms with Crippen molar-refractivity contribution in [2.24, 2.45) is 0 Å². The van der Waals surface area contributed by atoms with Crippen LogP contribution in [0.2, 0.25) is 0 Å². The molecule has 1 atom stereocenters. The third-order valence-electron chi connectivity index (χ3n) is 2.56. The Morgan fingerprint density at radius 2 is 2.12 bits per heavy atom. The van der Waals surface area contributed by atoms with Gasteiger partial charge in [-0.15, -0.1) is 0 Å². The number of carboxylic acid groups (broad SMARTS) is 1. The third-order valence-corrected chi connectivity index (χ3v) is 2.56. The summed E-state index contributed by atoms with van der Waals surface area (Å²) in [5.74, 6) is -1.10. The van der Waals surface area contributed by atoms with Crippen molar-refractivity contribution in [3.05, 3.63) is 0 Å². The zero-order valence-corrected chi connectivity index (χ0v) is 9.77. The summed E-state index contributed by atoms with van der Waals surface area (Å²) >= 11 is 0. The van der Waals surface area contributed by atoms with Crippen LogP contribution in [-0.2, 0) is 14.3 Å². The van der Waals surface area contributed by atoms with E-state index in [4.69, 9.17) is 14.6 Å². The fraction of sp³-hybridized carbons (Fsp3) is 0.800. The number of carbonyl (C=O) groups excluding carboxylic acids is 1. The zero-order chi connectivity index (χ0) is 12.7. The van der Waals surface area contributed by atoms with Crippen LogP contribution in [-0.4, -0.2) is 56.1 Å². The Kier molecular flexibility index (Phi) is 5.71. The fourth-order valence-corrected chi connectivity index (χ4v) is 1.54. The van der Waals surface area contributed by atoms with Gasteiger partial charge in [-0.05, 0) is 12.8 Å². The Bertz CT molecular complexity index is 265. The van der Waals surface area contributed by atoms with Crippen molar-refractivity contribution < 1.29 is 24.2 Å². The molecule has 0 saturated carbocycles. The van der Waals surface area contributed by atoms with Gasteiger partial charge in [0.15, 0.2) is 6.10 Å². The van der Waals surface area contributed by atoms with Gasteiger partial charge in [0.1, 0.15) is 0 Å². The average molecular weight is 246 g/mol. The van der Waals surface area contributed by atoms with E-state index in [1.54, 1.807) is 0 Å². The van der Waals surface area contributed by atoms with Crippen LogP contribution < -0.4 is 10.6 Å². The predicted molar refractivity (Wildman–Crippen MR) is 58.8 cm³/mol. The lowest BCUT2D eigenvalue weighted by Crippen LogP contribution is -2.47. The molecule has 1 saturated heterocycles. The van der Waals surface area contributed by atoms with Crippen LogP contribution in [0, 0.1) is 0 Å². The summed E-state index contributed by atoms with van der Waals surface area (Å²) < 4.78 is 9.85. The Morgan fingerprint density at radius 1 is 1.47 bits per heavy atom. The number of ether oxygens (including phenoxy) is 2. The molecule has 1 aliphatic rings. The monoisotopic (exact) mass is 246 g/mol.